The van der Waals surface area contributed by atoms with E-state index >= 15 is 0 Å². The molecule has 0 aromatic heterocycles. The van der Waals surface area contributed by atoms with Crippen molar-refractivity contribution in [2.45, 2.75) is 4.90 Å². The van der Waals surface area contributed by atoms with Gasteiger partial charge in [-0.05, 0) is 18.2 Å². The van der Waals surface area contributed by atoms with Crippen LogP contribution in [0.4, 0.5) is 0 Å². The molecule has 2 rings (SSSR count). The fourth-order valence-corrected chi connectivity index (χ4v) is 2.63. The van der Waals surface area contributed by atoms with Crippen molar-refractivity contribution in [1.82, 2.24) is 0 Å². The second kappa shape index (κ2) is 5.74. The summed E-state index contributed by atoms with van der Waals surface area (Å²) >= 11 is 11.8. The highest BCUT2D eigenvalue weighted by Gasteiger charge is 2.11. The molecule has 6 heteroatoms. The molecule has 19 heavy (non-hydrogen) atoms. The van der Waals surface area contributed by atoms with Crippen LogP contribution in [-0.4, -0.2) is 14.6 Å². The molecule has 0 aliphatic rings. The van der Waals surface area contributed by atoms with Crippen molar-refractivity contribution in [2.75, 3.05) is 0 Å². The number of nitrogens with zero attached hydrogens (tertiary/aromatic N) is 1. The van der Waals surface area contributed by atoms with E-state index in [1.165, 1.54) is 18.3 Å². The average Bonchev–Trinajstić information content (AvgIpc) is 2.41. The monoisotopic (exact) mass is 313 g/mol. The van der Waals surface area contributed by atoms with Crippen molar-refractivity contribution < 1.29 is 8.42 Å². The van der Waals surface area contributed by atoms with Gasteiger partial charge in [-0.3, -0.25) is 0 Å². The molecule has 0 unspecified atom stereocenters. The molecule has 3 nitrogen and oxygen atoms in total. The molecule has 0 spiro atoms. The van der Waals surface area contributed by atoms with Gasteiger partial charge in [0.1, 0.15) is 0 Å². The first-order valence-corrected chi connectivity index (χ1v) is 7.50. The lowest BCUT2D eigenvalue weighted by atomic mass is 10.2. The van der Waals surface area contributed by atoms with Gasteiger partial charge in [-0.15, -0.1) is 0 Å². The Morgan fingerprint density at radius 2 is 1.63 bits per heavy atom. The summed E-state index contributed by atoms with van der Waals surface area (Å²) in [7, 11) is -3.72. The van der Waals surface area contributed by atoms with Crippen LogP contribution in [0.5, 0.6) is 0 Å². The van der Waals surface area contributed by atoms with E-state index in [2.05, 4.69) is 4.40 Å². The predicted molar refractivity (Wildman–Crippen MR) is 77.7 cm³/mol. The summed E-state index contributed by atoms with van der Waals surface area (Å²) in [6.07, 6.45) is 1.19. The maximum atomic E-state index is 11.9. The normalized spacial score (nSPS) is 11.9. The van der Waals surface area contributed by atoms with Gasteiger partial charge in [-0.1, -0.05) is 53.5 Å². The zero-order valence-corrected chi connectivity index (χ0v) is 12.0. The smallest absolute Gasteiger partial charge is 0.199 e. The van der Waals surface area contributed by atoms with Crippen LogP contribution >= 0.6 is 23.2 Å². The predicted octanol–water partition coefficient (Wildman–Crippen LogP) is 3.80. The summed E-state index contributed by atoms with van der Waals surface area (Å²) in [5.41, 5.74) is 0.452. The SMILES string of the molecule is O=S(=O)(/N=C\c1cccc(Cl)c1Cl)c1ccccc1. The van der Waals surface area contributed by atoms with Gasteiger partial charge in [0, 0.05) is 11.8 Å². The van der Waals surface area contributed by atoms with Gasteiger partial charge < -0.3 is 0 Å². The molecule has 0 amide bonds. The van der Waals surface area contributed by atoms with Crippen molar-refractivity contribution in [2.24, 2.45) is 4.40 Å². The summed E-state index contributed by atoms with van der Waals surface area (Å²) in [5, 5.41) is 0.624. The lowest BCUT2D eigenvalue weighted by Gasteiger charge is -2.00. The molecule has 0 heterocycles. The summed E-state index contributed by atoms with van der Waals surface area (Å²) in [6.45, 7) is 0. The maximum absolute atomic E-state index is 11.9. The van der Waals surface area contributed by atoms with Crippen LogP contribution in [0.3, 0.4) is 0 Å². The number of halogens is 2. The van der Waals surface area contributed by atoms with Crippen molar-refractivity contribution >= 4 is 39.4 Å². The van der Waals surface area contributed by atoms with Crippen molar-refractivity contribution in [3.63, 3.8) is 0 Å². The average molecular weight is 314 g/mol. The van der Waals surface area contributed by atoms with Gasteiger partial charge in [-0.2, -0.15) is 12.8 Å². The van der Waals surface area contributed by atoms with Gasteiger partial charge in [0.15, 0.2) is 0 Å². The molecule has 0 N–H and O–H groups in total. The van der Waals surface area contributed by atoms with E-state index in [0.717, 1.165) is 0 Å². The van der Waals surface area contributed by atoms with Crippen molar-refractivity contribution in [3.8, 4) is 0 Å². The summed E-state index contributed by atoms with van der Waals surface area (Å²) in [5.74, 6) is 0. The van der Waals surface area contributed by atoms with E-state index < -0.39 is 10.0 Å². The van der Waals surface area contributed by atoms with Gasteiger partial charge in [0.25, 0.3) is 10.0 Å². The second-order valence-electron chi connectivity index (χ2n) is 3.67. The van der Waals surface area contributed by atoms with E-state index in [1.807, 2.05) is 0 Å². The second-order valence-corrected chi connectivity index (χ2v) is 6.08. The Bertz CT molecular complexity index is 713. The Kier molecular flexibility index (Phi) is 4.24. The van der Waals surface area contributed by atoms with Crippen LogP contribution in [0.1, 0.15) is 5.56 Å². The van der Waals surface area contributed by atoms with Crippen LogP contribution in [-0.2, 0) is 10.0 Å². The lowest BCUT2D eigenvalue weighted by molar-refractivity contribution is 0.598. The quantitative estimate of drug-likeness (QED) is 0.809. The maximum Gasteiger partial charge on any atom is 0.282 e. The van der Waals surface area contributed by atoms with Crippen LogP contribution in [0.15, 0.2) is 57.8 Å². The molecule has 0 aliphatic carbocycles. The minimum atomic E-state index is -3.72. The zero-order valence-electron chi connectivity index (χ0n) is 9.62. The molecule has 0 radical (unpaired) electrons. The van der Waals surface area contributed by atoms with Crippen LogP contribution in [0.25, 0.3) is 0 Å². The molecule has 0 fully saturated rings. The lowest BCUT2D eigenvalue weighted by Crippen LogP contribution is -1.97. The molecule has 0 saturated heterocycles. The highest BCUT2D eigenvalue weighted by atomic mass is 35.5. The first-order chi connectivity index (χ1) is 9.00. The number of hydrogen-bond donors (Lipinski definition) is 0. The molecule has 98 valence electrons. The Labute approximate surface area is 121 Å². The highest BCUT2D eigenvalue weighted by molar-refractivity contribution is 7.90. The Morgan fingerprint density at radius 1 is 0.947 bits per heavy atom. The third kappa shape index (κ3) is 3.35. The molecule has 0 aliphatic heterocycles. The summed E-state index contributed by atoms with van der Waals surface area (Å²) < 4.78 is 27.5. The number of rotatable bonds is 3. The van der Waals surface area contributed by atoms with Crippen molar-refractivity contribution in [1.29, 1.82) is 0 Å². The first-order valence-electron chi connectivity index (χ1n) is 5.30. The number of hydrogen-bond acceptors (Lipinski definition) is 2. The fraction of sp³-hybridized carbons (Fsp3) is 0. The highest BCUT2D eigenvalue weighted by Crippen LogP contribution is 2.24. The Balaban J connectivity index is 2.36. The Hall–Kier alpha value is -1.36. The van der Waals surface area contributed by atoms with E-state index in [0.29, 0.717) is 10.6 Å². The molecule has 2 aromatic rings. The molecule has 0 bridgehead atoms. The van der Waals surface area contributed by atoms with E-state index in [4.69, 9.17) is 23.2 Å². The van der Waals surface area contributed by atoms with Crippen LogP contribution in [0, 0.1) is 0 Å². The van der Waals surface area contributed by atoms with Crippen LogP contribution in [0.2, 0.25) is 10.0 Å². The minimum Gasteiger partial charge on any atom is -0.199 e. The largest absolute Gasteiger partial charge is 0.282 e. The molecular weight excluding hydrogens is 305 g/mol. The number of sulfonamides is 1. The molecule has 2 aromatic carbocycles. The first kappa shape index (κ1) is 14.1. The summed E-state index contributed by atoms with van der Waals surface area (Å²) in [4.78, 5) is 0.129. The van der Waals surface area contributed by atoms with Gasteiger partial charge in [0.05, 0.1) is 14.9 Å². The Morgan fingerprint density at radius 3 is 2.32 bits per heavy atom. The summed E-state index contributed by atoms with van der Waals surface area (Å²) in [6, 6.07) is 12.9. The zero-order chi connectivity index (χ0) is 13.9. The van der Waals surface area contributed by atoms with Gasteiger partial charge in [-0.25, -0.2) is 0 Å². The van der Waals surface area contributed by atoms with E-state index in [9.17, 15) is 8.42 Å². The van der Waals surface area contributed by atoms with Gasteiger partial charge in [0.2, 0.25) is 0 Å². The van der Waals surface area contributed by atoms with Gasteiger partial charge >= 0.3 is 0 Å². The minimum absolute atomic E-state index is 0.129. The molecule has 0 atom stereocenters. The third-order valence-electron chi connectivity index (χ3n) is 2.35. The van der Waals surface area contributed by atoms with Crippen LogP contribution < -0.4 is 0 Å². The third-order valence-corrected chi connectivity index (χ3v) is 4.44. The van der Waals surface area contributed by atoms with E-state index in [-0.39, 0.29) is 9.92 Å². The molecule has 0 saturated carbocycles. The molecular formula is C13H9Cl2NO2S. The van der Waals surface area contributed by atoms with Crippen molar-refractivity contribution in [3.05, 3.63) is 64.1 Å². The fourth-order valence-electron chi connectivity index (χ4n) is 1.40. The standard InChI is InChI=1S/C13H9Cl2NO2S/c14-12-8-4-5-10(13(12)15)9-16-19(17,18)11-6-2-1-3-7-11/h1-9H/b16-9-. The number of benzene rings is 2. The van der Waals surface area contributed by atoms with E-state index in [1.54, 1.807) is 36.4 Å². The topological polar surface area (TPSA) is 46.5 Å².